The molecule has 2 aromatic heterocycles. The van der Waals surface area contributed by atoms with Crippen LogP contribution in [-0.2, 0) is 18.9 Å². The minimum absolute atomic E-state index is 0.348. The first-order chi connectivity index (χ1) is 54.9. The monoisotopic (exact) mass is 1740 g/mol. The van der Waals surface area contributed by atoms with Gasteiger partial charge >= 0.3 is 0 Å². The molecule has 8 aliphatic rings. The fourth-order valence-electron chi connectivity index (χ4n) is 14.8. The largest absolute Gasteiger partial charge is 0.394 e. The molecule has 5 saturated heterocycles. The summed E-state index contributed by atoms with van der Waals surface area (Å²) < 4.78 is 303. The van der Waals surface area contributed by atoms with Crippen molar-refractivity contribution in [2.75, 3.05) is 46.6 Å². The molecule has 25 nitrogen and oxygen atoms in total. The first-order valence-electron chi connectivity index (χ1n) is 34.4. The second-order valence-electron chi connectivity index (χ2n) is 27.7. The molecule has 0 radical (unpaired) electrons. The van der Waals surface area contributed by atoms with Crippen LogP contribution in [0.25, 0.3) is 79.8 Å². The Morgan fingerprint density at radius 1 is 0.310 bits per heavy atom. The summed E-state index contributed by atoms with van der Waals surface area (Å²) in [6.45, 7) is -5.53. The van der Waals surface area contributed by atoms with Crippen molar-refractivity contribution >= 4 is 82.4 Å². The van der Waals surface area contributed by atoms with Crippen molar-refractivity contribution in [2.24, 2.45) is 0 Å². The summed E-state index contributed by atoms with van der Waals surface area (Å²) in [5.41, 5.74) is -29.3. The Morgan fingerprint density at radius 2 is 0.526 bits per heavy atom. The molecular weight excluding hydrogens is 1680 g/mol. The molecule has 0 spiro atoms. The van der Waals surface area contributed by atoms with Crippen LogP contribution >= 0.6 is 47.0 Å². The summed E-state index contributed by atoms with van der Waals surface area (Å²) in [4.78, 5) is 8.35. The van der Waals surface area contributed by atoms with Crippen molar-refractivity contribution < 1.29 is 171 Å². The number of likely N-dealkylation sites (tertiary alicyclic amines) is 1. The predicted molar refractivity (Wildman–Crippen MR) is 373 cm³/mol. The average molecular weight is 1740 g/mol. The Balaban J connectivity index is 1.11. The van der Waals surface area contributed by atoms with Gasteiger partial charge in [-0.05, 0) is 43.5 Å². The highest BCUT2D eigenvalue weighted by Gasteiger charge is 2.52. The molecule has 4 aromatic carbocycles. The Morgan fingerprint density at radius 3 is 0.750 bits per heavy atom. The maximum atomic E-state index is 18.0. The molecule has 116 heavy (non-hydrogen) atoms. The Labute approximate surface area is 656 Å². The number of fused-ring (bicyclic) bond motifs is 11. The minimum Gasteiger partial charge on any atom is -0.394 e. The molecule has 45 heteroatoms. The quantitative estimate of drug-likeness (QED) is 0.0462. The van der Waals surface area contributed by atoms with E-state index in [1.807, 2.05) is 0 Å². The molecule has 14 rings (SSSR count). The number of aliphatic hydroxyl groups excluding tert-OH is 16. The molecule has 6 aromatic rings. The van der Waals surface area contributed by atoms with Gasteiger partial charge in [-0.25, -0.2) is 80.2 Å². The maximum absolute atomic E-state index is 18.0. The van der Waals surface area contributed by atoms with E-state index in [1.54, 1.807) is 0 Å². The van der Waals surface area contributed by atoms with Crippen molar-refractivity contribution in [2.45, 2.75) is 151 Å². The van der Waals surface area contributed by atoms with Crippen LogP contribution in [0, 0.1) is 93.1 Å². The van der Waals surface area contributed by atoms with Gasteiger partial charge in [0.2, 0.25) is 0 Å². The highest BCUT2D eigenvalue weighted by Crippen LogP contribution is 2.55. The fraction of sp³-hybridized carbons (Fsp3) is 0.408. The number of thioether (sulfide) groups is 4. The van der Waals surface area contributed by atoms with E-state index in [-0.39, 0.29) is 47.0 Å². The van der Waals surface area contributed by atoms with E-state index in [9.17, 15) is 81.7 Å². The number of hydrogen-bond acceptors (Lipinski definition) is 27. The third kappa shape index (κ3) is 14.2. The van der Waals surface area contributed by atoms with E-state index in [1.165, 1.54) is 11.9 Å². The second-order valence-corrected chi connectivity index (χ2v) is 32.1. The number of ether oxygens (including phenoxy) is 4. The van der Waals surface area contributed by atoms with Crippen LogP contribution < -0.4 is 0 Å². The molecule has 8 aliphatic heterocycles. The zero-order valence-electron chi connectivity index (χ0n) is 58.2. The van der Waals surface area contributed by atoms with Crippen LogP contribution in [-0.4, -0.2) is 273 Å². The van der Waals surface area contributed by atoms with Gasteiger partial charge in [-0.3, -0.25) is 0 Å². The third-order valence-corrected chi connectivity index (χ3v) is 25.7. The lowest BCUT2D eigenvalue weighted by molar-refractivity contribution is -0.205. The van der Waals surface area contributed by atoms with Gasteiger partial charge in [0, 0.05) is 69.6 Å². The number of aromatic amines is 2. The molecule has 0 amide bonds. The number of likely N-dealkylation sites (N-methyl/N-ethyl adjacent to an activating group) is 1. The number of aromatic nitrogens is 4. The number of benzene rings is 4. The molecule has 10 heterocycles. The summed E-state index contributed by atoms with van der Waals surface area (Å²) in [6, 6.07) is 1.28. The van der Waals surface area contributed by atoms with E-state index < -0.39 is 373 Å². The molecular formula is C71H61F16N5O20S4. The van der Waals surface area contributed by atoms with E-state index >= 15 is 70.2 Å². The van der Waals surface area contributed by atoms with E-state index in [0.29, 0.717) is 36.4 Å². The fourth-order valence-corrected chi connectivity index (χ4v) is 19.3. The van der Waals surface area contributed by atoms with Crippen molar-refractivity contribution in [3.8, 4) is 44.5 Å². The molecule has 18 N–H and O–H groups in total. The minimum atomic E-state index is -2.47. The van der Waals surface area contributed by atoms with Crippen molar-refractivity contribution in [1.29, 1.82) is 0 Å². The number of rotatable bonds is 16. The smallest absolute Gasteiger partial charge is 0.176 e. The predicted octanol–water partition coefficient (Wildman–Crippen LogP) is 4.65. The topological polar surface area (TPSA) is 421 Å². The molecule has 0 aliphatic carbocycles. The lowest BCUT2D eigenvalue weighted by atomic mass is 9.86. The van der Waals surface area contributed by atoms with Crippen LogP contribution in [0.4, 0.5) is 70.2 Å². The van der Waals surface area contributed by atoms with Gasteiger partial charge < -0.3 is 116 Å². The SMILES string of the molecule is CN1C[C@@H]2c3[nH]c(c(-c4c(F)c(F)c(S[C@H]5O[C@H](CO)[C@@H](O)[C@H](O)[C@@H]5O)c(F)c4F)c4nc(c(-c5c(F)c(F)c(S[C@H]6O[C@H](CO)[C@@H](O)[C@H](O)[C@@H]6O)c(F)c5F)c5ccc([nH]5)c(-c5c(F)c(F)c(S[C@H]6O[C@H](CO)[C@@H](O)[C@H](O)[C@@H]6O)c(F)c5F)c5nc(c3-c3c(F)c(F)c(S[C@H]6O[C@H](CO)[C@@H](O)[C@H](O)[C@@H]6O)c(F)c3F)C=C5)C=C4)[C@@H]2C1. The molecule has 22 atom stereocenters. The van der Waals surface area contributed by atoms with Gasteiger partial charge in [-0.2, -0.15) is 0 Å². The number of halogens is 16. The Hall–Kier alpha value is -6.82. The summed E-state index contributed by atoms with van der Waals surface area (Å²) in [6.07, 6.45) is -31.5. The molecule has 0 saturated carbocycles. The van der Waals surface area contributed by atoms with Gasteiger partial charge in [-0.1, -0.05) is 47.0 Å². The van der Waals surface area contributed by atoms with Crippen LogP contribution in [0.2, 0.25) is 0 Å². The van der Waals surface area contributed by atoms with Gasteiger partial charge in [0.25, 0.3) is 0 Å². The number of hydrogen-bond donors (Lipinski definition) is 18. The summed E-state index contributed by atoms with van der Waals surface area (Å²) in [5.74, 6) is -42.1. The van der Waals surface area contributed by atoms with Crippen LogP contribution in [0.15, 0.2) is 31.7 Å². The third-order valence-electron chi connectivity index (χ3n) is 20.8. The lowest BCUT2D eigenvalue weighted by Gasteiger charge is -2.39. The second kappa shape index (κ2) is 33.0. The average Bonchev–Trinajstić information content (AvgIpc) is 1.55. The Bertz CT molecular complexity index is 4810. The van der Waals surface area contributed by atoms with Gasteiger partial charge in [-0.15, -0.1) is 0 Å². The number of nitrogens with zero attached hydrogens (tertiary/aromatic N) is 3. The zero-order valence-corrected chi connectivity index (χ0v) is 61.5. The maximum Gasteiger partial charge on any atom is 0.176 e. The Kier molecular flexibility index (Phi) is 24.3. The summed E-state index contributed by atoms with van der Waals surface area (Å²) >= 11 is -1.42. The summed E-state index contributed by atoms with van der Waals surface area (Å²) in [5, 5.41) is 167. The van der Waals surface area contributed by atoms with Crippen LogP contribution in [0.1, 0.15) is 46.0 Å². The van der Waals surface area contributed by atoms with Gasteiger partial charge in [0.15, 0.2) is 93.1 Å². The number of nitrogens with one attached hydrogen (secondary N) is 2. The zero-order chi connectivity index (χ0) is 84.0. The number of H-pyrrole nitrogens is 2. The molecule has 5 fully saturated rings. The van der Waals surface area contributed by atoms with Crippen molar-refractivity contribution in [3.05, 3.63) is 139 Å². The molecule has 626 valence electrons. The van der Waals surface area contributed by atoms with E-state index in [2.05, 4.69) is 19.9 Å². The normalized spacial score (nSPS) is 30.4. The molecule has 0 unspecified atom stereocenters. The van der Waals surface area contributed by atoms with Gasteiger partial charge in [0.1, 0.15) is 119 Å². The van der Waals surface area contributed by atoms with Crippen LogP contribution in [0.3, 0.4) is 0 Å². The van der Waals surface area contributed by atoms with E-state index in [4.69, 9.17) is 18.9 Å². The van der Waals surface area contributed by atoms with Crippen LogP contribution in [0.5, 0.6) is 0 Å². The number of aliphatic hydroxyl groups is 16. The van der Waals surface area contributed by atoms with Crippen molar-refractivity contribution in [1.82, 2.24) is 24.8 Å². The highest BCUT2D eigenvalue weighted by molar-refractivity contribution is 8.00. The van der Waals surface area contributed by atoms with Gasteiger partial charge in [0.05, 0.1) is 91.0 Å². The highest BCUT2D eigenvalue weighted by atomic mass is 32.2. The molecule has 8 bridgehead atoms. The standard InChI is InChI=1S/C71H61F16N5O20S4/c1-92-8-14-15(9-92)51-29(33-40(78)48(86)67(49(87)41(33)79)116-71-63(108)59(104)55(100)25(13-96)112-71)21-7-5-19(90-21)27(31-36(74)44(82)65(45(83)37(31)75)114-69-61(106)57(102)53(98)23(11-94)110-69)17-3-2-16(88-17)26(30-34(72)42(80)64(43(81)35(30)73)113-68-60(105)56(101)52(97)22(10-93)109-68)18-4-6-20(89-18)28(50(14)91-51)32-38(76)46(84)66(47(85)39(32)77)115-70-62(107)58(103)54(99)24(12-95)111-70/h2-7,14-15,22-25,52-63,68-71,88,91,93-108H,8-13H2,1H3/t14-,15+,22-,23-,24-,25-,52-,53-,54-,55-,56+,57+,58+,59+,60+,61+,62+,63+,68-,69-,70-,71-/m1/s1. The summed E-state index contributed by atoms with van der Waals surface area (Å²) in [7, 11) is 1.32. The first-order valence-corrected chi connectivity index (χ1v) is 38.0. The first kappa shape index (κ1) is 85.6. The van der Waals surface area contributed by atoms with Crippen molar-refractivity contribution in [3.63, 3.8) is 0 Å². The lowest BCUT2D eigenvalue weighted by Crippen LogP contribution is -2.57. The van der Waals surface area contributed by atoms with E-state index in [0.717, 1.165) is 0 Å².